The van der Waals surface area contributed by atoms with Gasteiger partial charge in [-0.1, -0.05) is 42.3 Å². The third kappa shape index (κ3) is 7.61. The summed E-state index contributed by atoms with van der Waals surface area (Å²) < 4.78 is 0. The predicted molar refractivity (Wildman–Crippen MR) is 115 cm³/mol. The molecule has 0 atom stereocenters. The van der Waals surface area contributed by atoms with Crippen molar-refractivity contribution in [1.82, 2.24) is 10.6 Å². The molecule has 28 heavy (non-hydrogen) atoms. The van der Waals surface area contributed by atoms with E-state index in [1.54, 1.807) is 17.0 Å². The van der Waals surface area contributed by atoms with Crippen LogP contribution in [0.5, 0.6) is 0 Å². The van der Waals surface area contributed by atoms with Crippen LogP contribution in [-0.2, 0) is 11.3 Å². The molecule has 0 spiro atoms. The zero-order valence-electron chi connectivity index (χ0n) is 16.5. The number of halogens is 1. The SMILES string of the molecule is Cc1cccc(N(C)C(=O)CCCCCNC(=O)NCc2ccc(Cl)cc2)c1. The lowest BCUT2D eigenvalue weighted by molar-refractivity contribution is -0.118. The molecule has 0 bridgehead atoms. The van der Waals surface area contributed by atoms with Crippen LogP contribution in [0, 0.1) is 6.92 Å². The van der Waals surface area contributed by atoms with Crippen LogP contribution < -0.4 is 15.5 Å². The van der Waals surface area contributed by atoms with Gasteiger partial charge in [-0.25, -0.2) is 4.79 Å². The Hall–Kier alpha value is -2.53. The quantitative estimate of drug-likeness (QED) is 0.599. The lowest BCUT2D eigenvalue weighted by Gasteiger charge is -2.17. The van der Waals surface area contributed by atoms with E-state index in [4.69, 9.17) is 11.6 Å². The van der Waals surface area contributed by atoms with Crippen LogP contribution in [0.3, 0.4) is 0 Å². The van der Waals surface area contributed by atoms with Gasteiger partial charge >= 0.3 is 6.03 Å². The fourth-order valence-corrected chi connectivity index (χ4v) is 2.90. The Morgan fingerprint density at radius 1 is 1.00 bits per heavy atom. The molecular weight excluding hydrogens is 374 g/mol. The number of benzene rings is 2. The van der Waals surface area contributed by atoms with Crippen molar-refractivity contribution in [2.45, 2.75) is 39.2 Å². The summed E-state index contributed by atoms with van der Waals surface area (Å²) in [7, 11) is 1.81. The van der Waals surface area contributed by atoms with E-state index in [1.165, 1.54) is 0 Å². The monoisotopic (exact) mass is 401 g/mol. The maximum absolute atomic E-state index is 12.3. The molecule has 2 aromatic rings. The van der Waals surface area contributed by atoms with Crippen LogP contribution in [0.4, 0.5) is 10.5 Å². The Balaban J connectivity index is 1.55. The van der Waals surface area contributed by atoms with Gasteiger partial charge in [0.25, 0.3) is 0 Å². The summed E-state index contributed by atoms with van der Waals surface area (Å²) in [5.74, 6) is 0.110. The van der Waals surface area contributed by atoms with E-state index in [9.17, 15) is 9.59 Å². The van der Waals surface area contributed by atoms with Gasteiger partial charge in [0.15, 0.2) is 0 Å². The molecule has 0 saturated heterocycles. The maximum atomic E-state index is 12.3. The molecule has 2 aromatic carbocycles. The van der Waals surface area contributed by atoms with E-state index >= 15 is 0 Å². The Labute approximate surface area is 172 Å². The lowest BCUT2D eigenvalue weighted by Crippen LogP contribution is -2.35. The molecule has 0 aliphatic carbocycles. The Bertz CT molecular complexity index is 778. The number of anilines is 1. The molecule has 0 radical (unpaired) electrons. The summed E-state index contributed by atoms with van der Waals surface area (Å²) >= 11 is 5.84. The highest BCUT2D eigenvalue weighted by Gasteiger charge is 2.10. The van der Waals surface area contributed by atoms with Crippen LogP contribution in [0.25, 0.3) is 0 Å². The van der Waals surface area contributed by atoms with E-state index in [-0.39, 0.29) is 11.9 Å². The molecule has 0 unspecified atom stereocenters. The topological polar surface area (TPSA) is 61.4 Å². The molecule has 0 fully saturated rings. The van der Waals surface area contributed by atoms with Crippen LogP contribution in [0.15, 0.2) is 48.5 Å². The van der Waals surface area contributed by atoms with Gasteiger partial charge < -0.3 is 15.5 Å². The first-order chi connectivity index (χ1) is 13.5. The van der Waals surface area contributed by atoms with Crippen LogP contribution in [0.2, 0.25) is 5.02 Å². The van der Waals surface area contributed by atoms with Crippen molar-refractivity contribution in [2.24, 2.45) is 0 Å². The summed E-state index contributed by atoms with van der Waals surface area (Å²) in [6.45, 7) is 3.07. The molecule has 0 heterocycles. The second kappa shape index (κ2) is 11.3. The second-order valence-electron chi connectivity index (χ2n) is 6.84. The fourth-order valence-electron chi connectivity index (χ4n) is 2.78. The van der Waals surface area contributed by atoms with Gasteiger partial charge in [0.2, 0.25) is 5.91 Å². The molecule has 6 heteroatoms. The molecule has 5 nitrogen and oxygen atoms in total. The fraction of sp³-hybridized carbons (Fsp3) is 0.364. The first-order valence-electron chi connectivity index (χ1n) is 9.55. The number of aryl methyl sites for hydroxylation is 1. The van der Waals surface area contributed by atoms with Crippen molar-refractivity contribution < 1.29 is 9.59 Å². The standard InChI is InChI=1S/C22H28ClN3O2/c1-17-7-6-8-20(15-17)26(2)21(27)9-4-3-5-14-24-22(28)25-16-18-10-12-19(23)13-11-18/h6-8,10-13,15H,3-5,9,14,16H2,1-2H3,(H2,24,25,28). The van der Waals surface area contributed by atoms with E-state index in [0.29, 0.717) is 24.5 Å². The molecule has 3 amide bonds. The van der Waals surface area contributed by atoms with Crippen LogP contribution in [0.1, 0.15) is 36.8 Å². The van der Waals surface area contributed by atoms with Crippen LogP contribution in [-0.4, -0.2) is 25.5 Å². The second-order valence-corrected chi connectivity index (χ2v) is 7.27. The van der Waals surface area contributed by atoms with Crippen molar-refractivity contribution in [2.75, 3.05) is 18.5 Å². The van der Waals surface area contributed by atoms with Crippen molar-refractivity contribution in [1.29, 1.82) is 0 Å². The molecule has 0 aromatic heterocycles. The first kappa shape index (κ1) is 21.8. The summed E-state index contributed by atoms with van der Waals surface area (Å²) in [5.41, 5.74) is 3.05. The first-order valence-corrected chi connectivity index (χ1v) is 9.93. The third-order valence-corrected chi connectivity index (χ3v) is 4.73. The maximum Gasteiger partial charge on any atom is 0.315 e. The van der Waals surface area contributed by atoms with E-state index < -0.39 is 0 Å². The molecule has 150 valence electrons. The molecule has 0 aliphatic rings. The number of hydrogen-bond acceptors (Lipinski definition) is 2. The highest BCUT2D eigenvalue weighted by atomic mass is 35.5. The molecule has 0 aliphatic heterocycles. The Kier molecular flexibility index (Phi) is 8.82. The average molecular weight is 402 g/mol. The van der Waals surface area contributed by atoms with Crippen LogP contribution >= 0.6 is 11.6 Å². The number of nitrogens with zero attached hydrogens (tertiary/aromatic N) is 1. The van der Waals surface area contributed by atoms with Crippen molar-refractivity contribution >= 4 is 29.2 Å². The highest BCUT2D eigenvalue weighted by Crippen LogP contribution is 2.16. The number of hydrogen-bond donors (Lipinski definition) is 2. The van der Waals surface area contributed by atoms with Gasteiger partial charge in [0, 0.05) is 37.3 Å². The van der Waals surface area contributed by atoms with Gasteiger partial charge in [-0.05, 0) is 55.2 Å². The molecule has 2 rings (SSSR count). The molecular formula is C22H28ClN3O2. The minimum absolute atomic E-state index is 0.110. The zero-order valence-corrected chi connectivity index (χ0v) is 17.3. The number of carbonyl (C=O) groups is 2. The highest BCUT2D eigenvalue weighted by molar-refractivity contribution is 6.30. The van der Waals surface area contributed by atoms with Crippen molar-refractivity contribution in [3.63, 3.8) is 0 Å². The number of unbranched alkanes of at least 4 members (excludes halogenated alkanes) is 2. The number of carbonyl (C=O) groups excluding carboxylic acids is 2. The number of amides is 3. The van der Waals surface area contributed by atoms with Gasteiger partial charge in [-0.2, -0.15) is 0 Å². The van der Waals surface area contributed by atoms with Gasteiger partial charge in [-0.3, -0.25) is 4.79 Å². The molecule has 0 saturated carbocycles. The van der Waals surface area contributed by atoms with Gasteiger partial charge in [0.1, 0.15) is 0 Å². The van der Waals surface area contributed by atoms with E-state index in [1.807, 2.05) is 50.4 Å². The Morgan fingerprint density at radius 3 is 2.46 bits per heavy atom. The largest absolute Gasteiger partial charge is 0.338 e. The summed E-state index contributed by atoms with van der Waals surface area (Å²) in [4.78, 5) is 25.8. The number of nitrogens with one attached hydrogen (secondary N) is 2. The Morgan fingerprint density at radius 2 is 1.75 bits per heavy atom. The van der Waals surface area contributed by atoms with Gasteiger partial charge in [-0.15, -0.1) is 0 Å². The lowest BCUT2D eigenvalue weighted by atomic mass is 10.1. The number of urea groups is 1. The smallest absolute Gasteiger partial charge is 0.315 e. The molecule has 2 N–H and O–H groups in total. The normalized spacial score (nSPS) is 10.4. The third-order valence-electron chi connectivity index (χ3n) is 4.48. The summed E-state index contributed by atoms with van der Waals surface area (Å²) in [6.07, 6.45) is 3.05. The summed E-state index contributed by atoms with van der Waals surface area (Å²) in [6, 6.07) is 15.1. The van der Waals surface area contributed by atoms with Crippen molar-refractivity contribution in [3.05, 3.63) is 64.7 Å². The minimum atomic E-state index is -0.190. The van der Waals surface area contributed by atoms with E-state index in [0.717, 1.165) is 36.1 Å². The number of rotatable bonds is 9. The zero-order chi connectivity index (χ0) is 20.4. The van der Waals surface area contributed by atoms with Crippen molar-refractivity contribution in [3.8, 4) is 0 Å². The summed E-state index contributed by atoms with van der Waals surface area (Å²) in [5, 5.41) is 6.32. The average Bonchev–Trinajstić information content (AvgIpc) is 2.69. The minimum Gasteiger partial charge on any atom is -0.338 e. The van der Waals surface area contributed by atoms with Gasteiger partial charge in [0.05, 0.1) is 0 Å². The predicted octanol–water partition coefficient (Wildman–Crippen LogP) is 4.67. The van der Waals surface area contributed by atoms with E-state index in [2.05, 4.69) is 10.6 Å².